The molecule has 1 N–H and O–H groups in total. The van der Waals surface area contributed by atoms with Gasteiger partial charge in [-0.25, -0.2) is 0 Å². The van der Waals surface area contributed by atoms with E-state index in [1.807, 2.05) is 6.07 Å². The van der Waals surface area contributed by atoms with Crippen LogP contribution in [0.1, 0.15) is 22.5 Å². The number of carbonyl (C=O) groups excluding carboxylic acids is 1. The Bertz CT molecular complexity index is 370. The van der Waals surface area contributed by atoms with E-state index < -0.39 is 0 Å². The minimum absolute atomic E-state index is 0.00671. The number of aromatic nitrogens is 1. The lowest BCUT2D eigenvalue weighted by atomic mass is 10.2. The molecule has 0 aliphatic carbocycles. The van der Waals surface area contributed by atoms with Crippen LogP contribution in [0, 0.1) is 11.3 Å². The number of amides is 1. The molecule has 1 aromatic heterocycles. The van der Waals surface area contributed by atoms with E-state index in [1.54, 1.807) is 17.2 Å². The topological polar surface area (TPSA) is 59.9 Å². The summed E-state index contributed by atoms with van der Waals surface area (Å²) in [5, 5.41) is 8.55. The van der Waals surface area contributed by atoms with E-state index >= 15 is 0 Å². The number of likely N-dealkylation sites (tertiary alicyclic amines) is 1. The van der Waals surface area contributed by atoms with Crippen molar-refractivity contribution in [2.75, 3.05) is 13.1 Å². The third-order valence-electron chi connectivity index (χ3n) is 2.19. The SMILES string of the molecule is N#Cc1c[nH]c(C(=O)N2CCC2)c1. The molecule has 1 aromatic rings. The van der Waals surface area contributed by atoms with Crippen molar-refractivity contribution < 1.29 is 4.79 Å². The molecule has 1 aliphatic rings. The maximum Gasteiger partial charge on any atom is 0.270 e. The molecule has 0 bridgehead atoms. The van der Waals surface area contributed by atoms with E-state index in [0.717, 1.165) is 19.5 Å². The smallest absolute Gasteiger partial charge is 0.270 e. The summed E-state index contributed by atoms with van der Waals surface area (Å²) in [5.74, 6) is -0.00671. The lowest BCUT2D eigenvalue weighted by molar-refractivity contribution is 0.0646. The van der Waals surface area contributed by atoms with E-state index in [-0.39, 0.29) is 5.91 Å². The van der Waals surface area contributed by atoms with E-state index in [0.29, 0.717) is 11.3 Å². The van der Waals surface area contributed by atoms with Crippen LogP contribution in [-0.2, 0) is 0 Å². The first-order valence-electron chi connectivity index (χ1n) is 4.19. The van der Waals surface area contributed by atoms with Crippen molar-refractivity contribution in [2.45, 2.75) is 6.42 Å². The van der Waals surface area contributed by atoms with Gasteiger partial charge in [0.15, 0.2) is 0 Å². The summed E-state index contributed by atoms with van der Waals surface area (Å²) in [6.07, 6.45) is 2.63. The van der Waals surface area contributed by atoms with Crippen LogP contribution < -0.4 is 0 Å². The zero-order valence-electron chi connectivity index (χ0n) is 7.08. The molecule has 0 radical (unpaired) electrons. The van der Waals surface area contributed by atoms with Gasteiger partial charge >= 0.3 is 0 Å². The Morgan fingerprint density at radius 2 is 2.38 bits per heavy atom. The highest BCUT2D eigenvalue weighted by molar-refractivity contribution is 5.93. The molecule has 4 heteroatoms. The molecule has 1 fully saturated rings. The van der Waals surface area contributed by atoms with Crippen molar-refractivity contribution in [3.8, 4) is 6.07 Å². The number of hydrogen-bond donors (Lipinski definition) is 1. The van der Waals surface area contributed by atoms with Crippen molar-refractivity contribution in [1.82, 2.24) is 9.88 Å². The zero-order valence-corrected chi connectivity index (χ0v) is 7.08. The van der Waals surface area contributed by atoms with E-state index in [2.05, 4.69) is 4.98 Å². The largest absolute Gasteiger partial charge is 0.356 e. The second-order valence-electron chi connectivity index (χ2n) is 3.06. The summed E-state index contributed by atoms with van der Waals surface area (Å²) in [7, 11) is 0. The molecule has 1 aliphatic heterocycles. The number of carbonyl (C=O) groups is 1. The number of aromatic amines is 1. The summed E-state index contributed by atoms with van der Waals surface area (Å²) in [5.41, 5.74) is 1.01. The van der Waals surface area contributed by atoms with Crippen molar-refractivity contribution in [1.29, 1.82) is 5.26 Å². The number of rotatable bonds is 1. The average Bonchev–Trinajstić information content (AvgIpc) is 2.48. The first kappa shape index (κ1) is 7.87. The standard InChI is InChI=1S/C9H9N3O/c10-5-7-4-8(11-6-7)9(13)12-2-1-3-12/h4,6,11H,1-3H2. The molecule has 0 spiro atoms. The Labute approximate surface area is 75.8 Å². The van der Waals surface area contributed by atoms with Gasteiger partial charge in [-0.1, -0.05) is 0 Å². The molecule has 0 unspecified atom stereocenters. The number of nitrogens with one attached hydrogen (secondary N) is 1. The van der Waals surface area contributed by atoms with Crippen molar-refractivity contribution in [3.05, 3.63) is 23.5 Å². The summed E-state index contributed by atoms with van der Waals surface area (Å²) in [6.45, 7) is 1.67. The van der Waals surface area contributed by atoms with E-state index in [1.165, 1.54) is 0 Å². The Morgan fingerprint density at radius 1 is 1.62 bits per heavy atom. The quantitative estimate of drug-likeness (QED) is 0.684. The first-order valence-corrected chi connectivity index (χ1v) is 4.19. The molecule has 2 heterocycles. The molecule has 1 saturated heterocycles. The molecule has 4 nitrogen and oxygen atoms in total. The van der Waals surface area contributed by atoms with Crippen LogP contribution in [0.25, 0.3) is 0 Å². The number of nitriles is 1. The van der Waals surface area contributed by atoms with Crippen LogP contribution in [-0.4, -0.2) is 28.9 Å². The van der Waals surface area contributed by atoms with Gasteiger partial charge in [-0.3, -0.25) is 4.79 Å². The van der Waals surface area contributed by atoms with Gasteiger partial charge in [0, 0.05) is 19.3 Å². The molecule has 1 amide bonds. The van der Waals surface area contributed by atoms with Gasteiger partial charge in [-0.15, -0.1) is 0 Å². The summed E-state index contributed by atoms with van der Waals surface area (Å²) < 4.78 is 0. The van der Waals surface area contributed by atoms with Crippen LogP contribution in [0.4, 0.5) is 0 Å². The second-order valence-corrected chi connectivity index (χ2v) is 3.06. The van der Waals surface area contributed by atoms with Gasteiger partial charge in [0.1, 0.15) is 11.8 Å². The van der Waals surface area contributed by atoms with Gasteiger partial charge in [-0.05, 0) is 12.5 Å². The van der Waals surface area contributed by atoms with Crippen LogP contribution in [0.5, 0.6) is 0 Å². The van der Waals surface area contributed by atoms with Crippen LogP contribution in [0.3, 0.4) is 0 Å². The number of H-pyrrole nitrogens is 1. The monoisotopic (exact) mass is 175 g/mol. The number of hydrogen-bond acceptors (Lipinski definition) is 2. The minimum atomic E-state index is -0.00671. The van der Waals surface area contributed by atoms with Crippen LogP contribution in [0.2, 0.25) is 0 Å². The van der Waals surface area contributed by atoms with Crippen molar-refractivity contribution in [3.63, 3.8) is 0 Å². The fraction of sp³-hybridized carbons (Fsp3) is 0.333. The predicted molar refractivity (Wildman–Crippen MR) is 46.0 cm³/mol. The number of nitrogens with zero attached hydrogens (tertiary/aromatic N) is 2. The molecule has 13 heavy (non-hydrogen) atoms. The van der Waals surface area contributed by atoms with Gasteiger partial charge in [0.05, 0.1) is 5.56 Å². The van der Waals surface area contributed by atoms with Gasteiger partial charge < -0.3 is 9.88 Å². The van der Waals surface area contributed by atoms with E-state index in [9.17, 15) is 4.79 Å². The summed E-state index contributed by atoms with van der Waals surface area (Å²) in [4.78, 5) is 16.1. The predicted octanol–water partition coefficient (Wildman–Crippen LogP) is 0.732. The third-order valence-corrected chi connectivity index (χ3v) is 2.19. The molecular weight excluding hydrogens is 166 g/mol. The van der Waals surface area contributed by atoms with Crippen LogP contribution in [0.15, 0.2) is 12.3 Å². The second kappa shape index (κ2) is 2.94. The Balaban J connectivity index is 2.16. The fourth-order valence-corrected chi connectivity index (χ4v) is 1.27. The zero-order chi connectivity index (χ0) is 9.26. The molecule has 2 rings (SSSR count). The maximum absolute atomic E-state index is 11.5. The molecule has 66 valence electrons. The molecule has 0 aromatic carbocycles. The normalized spacial score (nSPS) is 14.8. The summed E-state index contributed by atoms with van der Waals surface area (Å²) in [6, 6.07) is 3.56. The highest BCUT2D eigenvalue weighted by Crippen LogP contribution is 2.12. The Kier molecular flexibility index (Phi) is 1.78. The lowest BCUT2D eigenvalue weighted by Crippen LogP contribution is -2.42. The highest BCUT2D eigenvalue weighted by atomic mass is 16.2. The molecule has 0 saturated carbocycles. The maximum atomic E-state index is 11.5. The van der Waals surface area contributed by atoms with Gasteiger partial charge in [0.2, 0.25) is 0 Å². The molecular formula is C9H9N3O. The Hall–Kier alpha value is -1.76. The van der Waals surface area contributed by atoms with Crippen LogP contribution >= 0.6 is 0 Å². The van der Waals surface area contributed by atoms with Crippen molar-refractivity contribution in [2.24, 2.45) is 0 Å². The summed E-state index contributed by atoms with van der Waals surface area (Å²) >= 11 is 0. The van der Waals surface area contributed by atoms with Crippen molar-refractivity contribution >= 4 is 5.91 Å². The highest BCUT2D eigenvalue weighted by Gasteiger charge is 2.22. The fourth-order valence-electron chi connectivity index (χ4n) is 1.27. The van der Waals surface area contributed by atoms with E-state index in [4.69, 9.17) is 5.26 Å². The first-order chi connectivity index (χ1) is 6.31. The molecule has 0 atom stereocenters. The lowest BCUT2D eigenvalue weighted by Gasteiger charge is -2.30. The van der Waals surface area contributed by atoms with Gasteiger partial charge in [-0.2, -0.15) is 5.26 Å². The minimum Gasteiger partial charge on any atom is -0.356 e. The van der Waals surface area contributed by atoms with Gasteiger partial charge in [0.25, 0.3) is 5.91 Å². The average molecular weight is 175 g/mol. The third kappa shape index (κ3) is 1.29. The Morgan fingerprint density at radius 3 is 2.85 bits per heavy atom.